The number of amides is 1. The SMILES string of the molecule is O=C(NCc1ccc(CN(C2CCCc3cccnc32)C(c2cccc(F)c2)c2ncc[nH]2)cc1)c1c(Cl)cncc1Cl. The second kappa shape index (κ2) is 13.0. The molecule has 1 amide bonds. The summed E-state index contributed by atoms with van der Waals surface area (Å²) in [4.78, 5) is 31.7. The monoisotopic (exact) mass is 614 g/mol. The number of aromatic amines is 1. The van der Waals surface area contributed by atoms with Gasteiger partial charge >= 0.3 is 0 Å². The maximum Gasteiger partial charge on any atom is 0.254 e. The number of nitrogens with one attached hydrogen (secondary N) is 2. The number of hydrogen-bond donors (Lipinski definition) is 2. The summed E-state index contributed by atoms with van der Waals surface area (Å²) in [5.74, 6) is 0.0748. The molecule has 6 rings (SSSR count). The molecule has 2 unspecified atom stereocenters. The summed E-state index contributed by atoms with van der Waals surface area (Å²) in [6.45, 7) is 0.869. The zero-order valence-electron chi connectivity index (χ0n) is 23.2. The number of pyridine rings is 2. The molecule has 2 N–H and O–H groups in total. The van der Waals surface area contributed by atoms with E-state index in [2.05, 4.69) is 31.2 Å². The standard InChI is InChI=1S/C33H29Cl2FN6O/c34-26-18-37-19-27(35)29(26)33(43)41-17-21-9-11-22(12-10-21)20-42(28-8-2-4-23-6-3-13-38-30(23)28)31(32-39-14-15-40-32)24-5-1-7-25(36)16-24/h1,3,5-7,9-16,18-19,28,31H,2,4,8,17,20H2,(H,39,40)(H,41,43). The molecule has 0 saturated carbocycles. The number of fused-ring (bicyclic) bond motifs is 1. The Labute approximate surface area is 259 Å². The molecule has 2 atom stereocenters. The summed E-state index contributed by atoms with van der Waals surface area (Å²) in [6, 6.07) is 18.6. The van der Waals surface area contributed by atoms with Gasteiger partial charge in [0.25, 0.3) is 5.91 Å². The van der Waals surface area contributed by atoms with Crippen molar-refractivity contribution in [3.05, 3.63) is 147 Å². The second-order valence-electron chi connectivity index (χ2n) is 10.5. The lowest BCUT2D eigenvalue weighted by Gasteiger charge is -2.40. The summed E-state index contributed by atoms with van der Waals surface area (Å²) < 4.78 is 14.6. The Hall–Kier alpha value is -4.11. The zero-order chi connectivity index (χ0) is 29.8. The molecule has 1 aliphatic carbocycles. The Morgan fingerprint density at radius 1 is 1.02 bits per heavy atom. The van der Waals surface area contributed by atoms with Gasteiger partial charge in [-0.05, 0) is 59.7 Å². The molecule has 3 heterocycles. The van der Waals surface area contributed by atoms with Crippen molar-refractivity contribution >= 4 is 29.1 Å². The maximum absolute atomic E-state index is 14.6. The predicted molar refractivity (Wildman–Crippen MR) is 164 cm³/mol. The zero-order valence-corrected chi connectivity index (χ0v) is 24.7. The lowest BCUT2D eigenvalue weighted by atomic mass is 9.88. The molecule has 0 saturated heterocycles. The average molecular weight is 616 g/mol. The fraction of sp³-hybridized carbons (Fsp3) is 0.212. The second-order valence-corrected chi connectivity index (χ2v) is 11.4. The topological polar surface area (TPSA) is 86.8 Å². The Kier molecular flexibility index (Phi) is 8.79. The number of carbonyl (C=O) groups excluding carboxylic acids is 1. The number of carbonyl (C=O) groups is 1. The van der Waals surface area contributed by atoms with E-state index in [1.54, 1.807) is 24.5 Å². The number of nitrogens with zero attached hydrogens (tertiary/aromatic N) is 4. The number of H-pyrrole nitrogens is 1. The number of rotatable bonds is 9. The summed E-state index contributed by atoms with van der Waals surface area (Å²) >= 11 is 12.3. The quantitative estimate of drug-likeness (QED) is 0.183. The molecule has 0 bridgehead atoms. The summed E-state index contributed by atoms with van der Waals surface area (Å²) in [6.07, 6.45) is 11.1. The van der Waals surface area contributed by atoms with E-state index in [9.17, 15) is 9.18 Å². The summed E-state index contributed by atoms with van der Waals surface area (Å²) in [5, 5.41) is 3.28. The smallest absolute Gasteiger partial charge is 0.254 e. The van der Waals surface area contributed by atoms with Crippen molar-refractivity contribution in [3.8, 4) is 0 Å². The maximum atomic E-state index is 14.6. The number of benzene rings is 2. The van der Waals surface area contributed by atoms with E-state index in [0.717, 1.165) is 47.5 Å². The highest BCUT2D eigenvalue weighted by Gasteiger charge is 2.35. The molecule has 5 aromatic rings. The van der Waals surface area contributed by atoms with E-state index in [4.69, 9.17) is 28.2 Å². The fourth-order valence-corrected chi connectivity index (χ4v) is 6.31. The van der Waals surface area contributed by atoms with Crippen molar-refractivity contribution in [1.29, 1.82) is 0 Å². The highest BCUT2D eigenvalue weighted by atomic mass is 35.5. The third-order valence-electron chi connectivity index (χ3n) is 7.76. The van der Waals surface area contributed by atoms with Crippen LogP contribution in [0.4, 0.5) is 4.39 Å². The van der Waals surface area contributed by atoms with E-state index in [1.165, 1.54) is 24.0 Å². The molecule has 0 fully saturated rings. The predicted octanol–water partition coefficient (Wildman–Crippen LogP) is 7.24. The van der Waals surface area contributed by atoms with Crippen LogP contribution in [0.1, 0.15) is 69.1 Å². The van der Waals surface area contributed by atoms with Crippen molar-refractivity contribution in [1.82, 2.24) is 30.2 Å². The Morgan fingerprint density at radius 3 is 2.56 bits per heavy atom. The van der Waals surface area contributed by atoms with Crippen molar-refractivity contribution in [2.75, 3.05) is 0 Å². The van der Waals surface area contributed by atoms with E-state index in [1.807, 2.05) is 42.6 Å². The number of aryl methyl sites for hydroxylation is 1. The van der Waals surface area contributed by atoms with Gasteiger partial charge in [0.15, 0.2) is 0 Å². The Bertz CT molecular complexity index is 1690. The van der Waals surface area contributed by atoms with E-state index in [0.29, 0.717) is 13.1 Å². The molecule has 218 valence electrons. The van der Waals surface area contributed by atoms with Gasteiger partial charge in [0, 0.05) is 44.1 Å². The number of hydrogen-bond acceptors (Lipinski definition) is 5. The summed E-state index contributed by atoms with van der Waals surface area (Å²) in [5.41, 5.74) is 5.28. The molecule has 10 heteroatoms. The van der Waals surface area contributed by atoms with Crippen molar-refractivity contribution in [2.45, 2.75) is 44.4 Å². The van der Waals surface area contributed by atoms with Gasteiger partial charge in [0.05, 0.1) is 33.4 Å². The Balaban J connectivity index is 1.29. The van der Waals surface area contributed by atoms with Crippen LogP contribution in [-0.2, 0) is 19.5 Å². The van der Waals surface area contributed by atoms with Gasteiger partial charge < -0.3 is 10.3 Å². The van der Waals surface area contributed by atoms with Crippen molar-refractivity contribution < 1.29 is 9.18 Å². The van der Waals surface area contributed by atoms with Crippen LogP contribution >= 0.6 is 23.2 Å². The molecule has 2 aromatic carbocycles. The molecule has 3 aromatic heterocycles. The molecule has 7 nitrogen and oxygen atoms in total. The third-order valence-corrected chi connectivity index (χ3v) is 8.33. The fourth-order valence-electron chi connectivity index (χ4n) is 5.77. The minimum absolute atomic E-state index is 0.00265. The minimum Gasteiger partial charge on any atom is -0.348 e. The van der Waals surface area contributed by atoms with Gasteiger partial charge in [-0.15, -0.1) is 0 Å². The third kappa shape index (κ3) is 6.46. The highest BCUT2D eigenvalue weighted by Crippen LogP contribution is 2.41. The average Bonchev–Trinajstić information content (AvgIpc) is 3.55. The van der Waals surface area contributed by atoms with Crippen LogP contribution in [0.5, 0.6) is 0 Å². The van der Waals surface area contributed by atoms with Crippen LogP contribution < -0.4 is 5.32 Å². The minimum atomic E-state index is -0.368. The lowest BCUT2D eigenvalue weighted by Crippen LogP contribution is -2.36. The molecule has 1 aliphatic rings. The van der Waals surface area contributed by atoms with Crippen LogP contribution in [0, 0.1) is 5.82 Å². The van der Waals surface area contributed by atoms with Crippen LogP contribution in [0.2, 0.25) is 10.0 Å². The first kappa shape index (κ1) is 29.0. The van der Waals surface area contributed by atoms with Gasteiger partial charge in [-0.3, -0.25) is 19.7 Å². The van der Waals surface area contributed by atoms with Crippen molar-refractivity contribution in [2.24, 2.45) is 0 Å². The highest BCUT2D eigenvalue weighted by molar-refractivity contribution is 6.39. The van der Waals surface area contributed by atoms with Gasteiger partial charge in [0.1, 0.15) is 11.6 Å². The van der Waals surface area contributed by atoms with Gasteiger partial charge in [0.2, 0.25) is 0 Å². The normalized spacial score (nSPS) is 15.2. The first-order chi connectivity index (χ1) is 21.0. The summed E-state index contributed by atoms with van der Waals surface area (Å²) in [7, 11) is 0. The number of aromatic nitrogens is 4. The van der Waals surface area contributed by atoms with E-state index >= 15 is 0 Å². The molecular formula is C33H29Cl2FN6O. The molecule has 0 spiro atoms. The van der Waals surface area contributed by atoms with E-state index in [-0.39, 0.29) is 39.4 Å². The van der Waals surface area contributed by atoms with Gasteiger partial charge in [-0.1, -0.05) is 65.7 Å². The van der Waals surface area contributed by atoms with Gasteiger partial charge in [-0.2, -0.15) is 0 Å². The number of imidazole rings is 1. The van der Waals surface area contributed by atoms with Gasteiger partial charge in [-0.25, -0.2) is 9.37 Å². The first-order valence-electron chi connectivity index (χ1n) is 14.1. The van der Waals surface area contributed by atoms with Crippen LogP contribution in [-0.4, -0.2) is 30.7 Å². The first-order valence-corrected chi connectivity index (χ1v) is 14.8. The lowest BCUT2D eigenvalue weighted by molar-refractivity contribution is 0.0951. The number of halogens is 3. The van der Waals surface area contributed by atoms with Crippen molar-refractivity contribution in [3.63, 3.8) is 0 Å². The van der Waals surface area contributed by atoms with Crippen LogP contribution in [0.3, 0.4) is 0 Å². The largest absolute Gasteiger partial charge is 0.348 e. The van der Waals surface area contributed by atoms with Crippen LogP contribution in [0.15, 0.2) is 91.6 Å². The molecular weight excluding hydrogens is 586 g/mol. The molecule has 43 heavy (non-hydrogen) atoms. The molecule has 0 radical (unpaired) electrons. The molecule has 0 aliphatic heterocycles. The Morgan fingerprint density at radius 2 is 1.81 bits per heavy atom. The van der Waals surface area contributed by atoms with E-state index < -0.39 is 0 Å². The van der Waals surface area contributed by atoms with Crippen LogP contribution in [0.25, 0.3) is 0 Å².